The largest absolute Gasteiger partial charge is 0.508 e. The standard InChI is InChI=1S/C24H27NO2/c1-18-13-22(19(2)17-26)24(27)14-23(18)25(15-20-9-5-3-6-10-20)16-21-11-7-4-8-12-21/h3-14,19,26-27H,15-17H2,1-2H3. The monoisotopic (exact) mass is 361 g/mol. The van der Waals surface area contributed by atoms with Crippen molar-refractivity contribution in [3.05, 3.63) is 95.1 Å². The highest BCUT2D eigenvalue weighted by molar-refractivity contribution is 5.60. The second kappa shape index (κ2) is 8.74. The molecule has 1 atom stereocenters. The first-order valence-corrected chi connectivity index (χ1v) is 9.35. The molecule has 0 heterocycles. The summed E-state index contributed by atoms with van der Waals surface area (Å²) in [5.41, 5.74) is 5.34. The molecule has 1 unspecified atom stereocenters. The molecule has 0 amide bonds. The molecule has 2 N–H and O–H groups in total. The van der Waals surface area contributed by atoms with Gasteiger partial charge in [0.1, 0.15) is 5.75 Å². The fraction of sp³-hybridized carbons (Fsp3) is 0.250. The molecule has 140 valence electrons. The summed E-state index contributed by atoms with van der Waals surface area (Å²) >= 11 is 0. The topological polar surface area (TPSA) is 43.7 Å². The van der Waals surface area contributed by atoms with Crippen LogP contribution in [0.3, 0.4) is 0 Å². The average molecular weight is 361 g/mol. The summed E-state index contributed by atoms with van der Waals surface area (Å²) in [4.78, 5) is 2.28. The van der Waals surface area contributed by atoms with Crippen LogP contribution in [0.1, 0.15) is 35.1 Å². The van der Waals surface area contributed by atoms with Gasteiger partial charge in [-0.3, -0.25) is 0 Å². The van der Waals surface area contributed by atoms with Crippen LogP contribution < -0.4 is 4.90 Å². The van der Waals surface area contributed by atoms with Crippen LogP contribution in [0.15, 0.2) is 72.8 Å². The third-order valence-electron chi connectivity index (χ3n) is 4.92. The molecule has 0 radical (unpaired) electrons. The number of hydrogen-bond acceptors (Lipinski definition) is 3. The van der Waals surface area contributed by atoms with Crippen molar-refractivity contribution in [3.8, 4) is 5.75 Å². The average Bonchev–Trinajstić information content (AvgIpc) is 2.70. The first kappa shape index (κ1) is 19.0. The smallest absolute Gasteiger partial charge is 0.121 e. The second-order valence-electron chi connectivity index (χ2n) is 7.11. The molecule has 3 aromatic rings. The zero-order valence-corrected chi connectivity index (χ0v) is 16.0. The van der Waals surface area contributed by atoms with Gasteiger partial charge >= 0.3 is 0 Å². The lowest BCUT2D eigenvalue weighted by atomic mass is 9.97. The molecular formula is C24H27NO2. The van der Waals surface area contributed by atoms with E-state index >= 15 is 0 Å². The van der Waals surface area contributed by atoms with E-state index in [0.29, 0.717) is 0 Å². The van der Waals surface area contributed by atoms with Gasteiger partial charge in [-0.25, -0.2) is 0 Å². The number of aliphatic hydroxyl groups excluding tert-OH is 1. The minimum atomic E-state index is -0.0885. The molecule has 0 aliphatic heterocycles. The van der Waals surface area contributed by atoms with Gasteiger partial charge in [-0.2, -0.15) is 0 Å². The number of hydrogen-bond donors (Lipinski definition) is 2. The predicted octanol–water partition coefficient (Wildman–Crippen LogP) is 5.00. The summed E-state index contributed by atoms with van der Waals surface area (Å²) in [5, 5.41) is 20.0. The number of benzene rings is 3. The number of rotatable bonds is 7. The number of aliphatic hydroxyl groups is 1. The zero-order chi connectivity index (χ0) is 19.2. The van der Waals surface area contributed by atoms with Crippen molar-refractivity contribution >= 4 is 5.69 Å². The Morgan fingerprint density at radius 2 is 1.37 bits per heavy atom. The Morgan fingerprint density at radius 3 is 1.85 bits per heavy atom. The molecule has 0 aromatic heterocycles. The predicted molar refractivity (Wildman–Crippen MR) is 111 cm³/mol. The van der Waals surface area contributed by atoms with Crippen LogP contribution in [-0.4, -0.2) is 16.8 Å². The van der Waals surface area contributed by atoms with E-state index in [4.69, 9.17) is 0 Å². The number of phenols is 1. The van der Waals surface area contributed by atoms with E-state index in [-0.39, 0.29) is 18.3 Å². The molecule has 0 saturated heterocycles. The number of aromatic hydroxyl groups is 1. The first-order chi connectivity index (χ1) is 13.1. The molecule has 0 spiro atoms. The zero-order valence-electron chi connectivity index (χ0n) is 16.0. The lowest BCUT2D eigenvalue weighted by molar-refractivity contribution is 0.270. The minimum absolute atomic E-state index is 0.0179. The van der Waals surface area contributed by atoms with Crippen LogP contribution in [0.4, 0.5) is 5.69 Å². The fourth-order valence-corrected chi connectivity index (χ4v) is 3.38. The highest BCUT2D eigenvalue weighted by atomic mass is 16.3. The molecule has 0 aliphatic rings. The SMILES string of the molecule is Cc1cc(C(C)CO)c(O)cc1N(Cc1ccccc1)Cc1ccccc1. The van der Waals surface area contributed by atoms with Crippen molar-refractivity contribution in [2.45, 2.75) is 32.9 Å². The van der Waals surface area contributed by atoms with E-state index in [1.54, 1.807) is 0 Å². The van der Waals surface area contributed by atoms with Gasteiger partial charge < -0.3 is 15.1 Å². The summed E-state index contributed by atoms with van der Waals surface area (Å²) in [6, 6.07) is 24.5. The van der Waals surface area contributed by atoms with Gasteiger partial charge in [-0.1, -0.05) is 67.6 Å². The van der Waals surface area contributed by atoms with Gasteiger partial charge in [0.15, 0.2) is 0 Å². The van der Waals surface area contributed by atoms with E-state index in [1.165, 1.54) is 11.1 Å². The Bertz CT molecular complexity index is 821. The molecule has 3 nitrogen and oxygen atoms in total. The van der Waals surface area contributed by atoms with Crippen molar-refractivity contribution in [2.24, 2.45) is 0 Å². The molecule has 0 saturated carbocycles. The Hall–Kier alpha value is -2.78. The molecule has 3 heteroatoms. The van der Waals surface area contributed by atoms with Crippen LogP contribution in [-0.2, 0) is 13.1 Å². The summed E-state index contributed by atoms with van der Waals surface area (Å²) < 4.78 is 0. The maximum absolute atomic E-state index is 10.6. The molecule has 3 aromatic carbocycles. The van der Waals surface area contributed by atoms with Crippen LogP contribution >= 0.6 is 0 Å². The van der Waals surface area contributed by atoms with Crippen molar-refractivity contribution < 1.29 is 10.2 Å². The van der Waals surface area contributed by atoms with Crippen molar-refractivity contribution in [2.75, 3.05) is 11.5 Å². The minimum Gasteiger partial charge on any atom is -0.508 e. The lowest BCUT2D eigenvalue weighted by Gasteiger charge is -2.28. The Morgan fingerprint density at radius 1 is 0.852 bits per heavy atom. The van der Waals surface area contributed by atoms with Gasteiger partial charge in [0.05, 0.1) is 0 Å². The lowest BCUT2D eigenvalue weighted by Crippen LogP contribution is -2.23. The quantitative estimate of drug-likeness (QED) is 0.622. The number of nitrogens with zero attached hydrogens (tertiary/aromatic N) is 1. The molecule has 0 fully saturated rings. The van der Waals surface area contributed by atoms with Crippen LogP contribution in [0.2, 0.25) is 0 Å². The Kier molecular flexibility index (Phi) is 6.15. The van der Waals surface area contributed by atoms with E-state index < -0.39 is 0 Å². The summed E-state index contributed by atoms with van der Waals surface area (Å²) in [5.74, 6) is 0.151. The fourth-order valence-electron chi connectivity index (χ4n) is 3.38. The maximum atomic E-state index is 10.6. The van der Waals surface area contributed by atoms with Crippen molar-refractivity contribution in [1.82, 2.24) is 0 Å². The first-order valence-electron chi connectivity index (χ1n) is 9.35. The second-order valence-corrected chi connectivity index (χ2v) is 7.11. The number of phenolic OH excluding ortho intramolecular Hbond substituents is 1. The Balaban J connectivity index is 1.98. The number of aryl methyl sites for hydroxylation is 1. The summed E-state index contributed by atoms with van der Waals surface area (Å²) in [7, 11) is 0. The van der Waals surface area contributed by atoms with Gasteiger partial charge in [0, 0.05) is 37.4 Å². The number of anilines is 1. The van der Waals surface area contributed by atoms with E-state index in [1.807, 2.05) is 55.5 Å². The third-order valence-corrected chi connectivity index (χ3v) is 4.92. The van der Waals surface area contributed by atoms with Gasteiger partial charge in [0.25, 0.3) is 0 Å². The summed E-state index contributed by atoms with van der Waals surface area (Å²) in [6.07, 6.45) is 0. The van der Waals surface area contributed by atoms with Gasteiger partial charge in [0.2, 0.25) is 0 Å². The molecular weight excluding hydrogens is 334 g/mol. The normalized spacial score (nSPS) is 12.0. The van der Waals surface area contributed by atoms with E-state index in [0.717, 1.165) is 29.9 Å². The summed E-state index contributed by atoms with van der Waals surface area (Å²) in [6.45, 7) is 5.51. The third kappa shape index (κ3) is 4.69. The van der Waals surface area contributed by atoms with E-state index in [9.17, 15) is 10.2 Å². The highest BCUT2D eigenvalue weighted by Gasteiger charge is 2.17. The van der Waals surface area contributed by atoms with Crippen LogP contribution in [0.25, 0.3) is 0 Å². The van der Waals surface area contributed by atoms with Crippen molar-refractivity contribution in [3.63, 3.8) is 0 Å². The highest BCUT2D eigenvalue weighted by Crippen LogP contribution is 2.34. The van der Waals surface area contributed by atoms with E-state index in [2.05, 4.69) is 36.1 Å². The van der Waals surface area contributed by atoms with Crippen molar-refractivity contribution in [1.29, 1.82) is 0 Å². The van der Waals surface area contributed by atoms with Crippen LogP contribution in [0, 0.1) is 6.92 Å². The molecule has 3 rings (SSSR count). The maximum Gasteiger partial charge on any atom is 0.121 e. The molecule has 0 aliphatic carbocycles. The van der Waals surface area contributed by atoms with Gasteiger partial charge in [-0.05, 0) is 35.2 Å². The molecule has 27 heavy (non-hydrogen) atoms. The Labute approximate surface area is 161 Å². The van der Waals surface area contributed by atoms with Gasteiger partial charge in [-0.15, -0.1) is 0 Å². The molecule has 0 bridgehead atoms. The van der Waals surface area contributed by atoms with Crippen LogP contribution in [0.5, 0.6) is 5.75 Å².